The minimum atomic E-state index is 0.527. The van der Waals surface area contributed by atoms with Crippen molar-refractivity contribution < 1.29 is 0 Å². The van der Waals surface area contributed by atoms with Crippen LogP contribution >= 0.6 is 22.9 Å². The van der Waals surface area contributed by atoms with Crippen LogP contribution in [-0.4, -0.2) is 14.5 Å². The molecule has 0 atom stereocenters. The third-order valence-electron chi connectivity index (χ3n) is 5.44. The van der Waals surface area contributed by atoms with Crippen LogP contribution in [0.4, 0.5) is 0 Å². The Balaban J connectivity index is 1.70. The minimum Gasteiger partial charge on any atom is -0.327 e. The van der Waals surface area contributed by atoms with E-state index in [0.29, 0.717) is 10.5 Å². The van der Waals surface area contributed by atoms with Gasteiger partial charge in [-0.3, -0.25) is 0 Å². The van der Waals surface area contributed by atoms with E-state index in [9.17, 15) is 0 Å². The molecule has 0 amide bonds. The predicted molar refractivity (Wildman–Crippen MR) is 113 cm³/mol. The van der Waals surface area contributed by atoms with Crippen molar-refractivity contribution in [1.29, 1.82) is 0 Å². The van der Waals surface area contributed by atoms with Gasteiger partial charge in [-0.05, 0) is 25.0 Å². The highest BCUT2D eigenvalue weighted by Crippen LogP contribution is 2.39. The fourth-order valence-electron chi connectivity index (χ4n) is 4.13. The maximum atomic E-state index is 6.13. The smallest absolute Gasteiger partial charge is 0.184 e. The minimum absolute atomic E-state index is 0.527. The molecule has 0 aliphatic heterocycles. The van der Waals surface area contributed by atoms with Crippen LogP contribution in [0.1, 0.15) is 38.1 Å². The lowest BCUT2D eigenvalue weighted by Crippen LogP contribution is -2.13. The zero-order valence-corrected chi connectivity index (χ0v) is 16.5. The van der Waals surface area contributed by atoms with Gasteiger partial charge in [-0.2, -0.15) is 0 Å². The van der Waals surface area contributed by atoms with Gasteiger partial charge in [0.25, 0.3) is 0 Å². The van der Waals surface area contributed by atoms with Crippen molar-refractivity contribution in [2.45, 2.75) is 38.1 Å². The number of benzene rings is 2. The summed E-state index contributed by atoms with van der Waals surface area (Å²) in [5.41, 5.74) is 5.56. The molecule has 0 radical (unpaired) electrons. The molecule has 2 aromatic heterocycles. The van der Waals surface area contributed by atoms with Crippen molar-refractivity contribution in [3.05, 3.63) is 59.3 Å². The van der Waals surface area contributed by atoms with E-state index in [-0.39, 0.29) is 0 Å². The molecular formula is C22H20ClN3S. The van der Waals surface area contributed by atoms with Gasteiger partial charge in [-0.25, -0.2) is 9.97 Å². The van der Waals surface area contributed by atoms with E-state index in [4.69, 9.17) is 16.6 Å². The molecule has 0 N–H and O–H groups in total. The number of imidazole rings is 1. The summed E-state index contributed by atoms with van der Waals surface area (Å²) in [6, 6.07) is 17.4. The van der Waals surface area contributed by atoms with E-state index in [2.05, 4.69) is 52.0 Å². The van der Waals surface area contributed by atoms with Crippen LogP contribution in [0.3, 0.4) is 0 Å². The van der Waals surface area contributed by atoms with Crippen LogP contribution in [0, 0.1) is 0 Å². The average molecular weight is 394 g/mol. The summed E-state index contributed by atoms with van der Waals surface area (Å²) in [4.78, 5) is 9.24. The molecule has 2 aromatic carbocycles. The molecule has 27 heavy (non-hydrogen) atoms. The summed E-state index contributed by atoms with van der Waals surface area (Å²) >= 11 is 7.66. The fraction of sp³-hybridized carbons (Fsp3) is 0.273. The van der Waals surface area contributed by atoms with Crippen LogP contribution in [0.25, 0.3) is 32.7 Å². The quantitative estimate of drug-likeness (QED) is 0.375. The van der Waals surface area contributed by atoms with E-state index in [1.165, 1.54) is 54.7 Å². The molecule has 5 rings (SSSR count). The molecular weight excluding hydrogens is 374 g/mol. The first-order valence-corrected chi connectivity index (χ1v) is 10.7. The third-order valence-corrected chi connectivity index (χ3v) is 6.57. The Bertz CT molecular complexity index is 1080. The highest BCUT2D eigenvalue weighted by molar-refractivity contribution is 7.22. The number of halogens is 1. The lowest BCUT2D eigenvalue weighted by Gasteiger charge is -2.25. The average Bonchev–Trinajstić information content (AvgIpc) is 3.31. The molecule has 5 heteroatoms. The fourth-order valence-corrected chi connectivity index (χ4v) is 5.20. The maximum Gasteiger partial charge on any atom is 0.184 e. The van der Waals surface area contributed by atoms with Gasteiger partial charge in [0.1, 0.15) is 0 Å². The Kier molecular flexibility index (Phi) is 4.46. The normalized spacial score (nSPS) is 15.4. The summed E-state index contributed by atoms with van der Waals surface area (Å²) < 4.78 is 4.12. The lowest BCUT2D eigenvalue weighted by molar-refractivity contribution is 0.355. The SMILES string of the molecule is Clc1nc2ccc(-c3c(-c4ccccc4)ncn3C3CCCCC3)cc2s1. The number of thiazole rings is 1. The molecule has 1 fully saturated rings. The Morgan fingerprint density at radius 3 is 2.59 bits per heavy atom. The number of hydrogen-bond acceptors (Lipinski definition) is 3. The zero-order chi connectivity index (χ0) is 18.2. The van der Waals surface area contributed by atoms with Crippen molar-refractivity contribution in [2.24, 2.45) is 0 Å². The highest BCUT2D eigenvalue weighted by Gasteiger charge is 2.22. The molecule has 1 saturated carbocycles. The first-order chi connectivity index (χ1) is 13.3. The van der Waals surface area contributed by atoms with Crippen molar-refractivity contribution in [3.8, 4) is 22.5 Å². The molecule has 0 unspecified atom stereocenters. The lowest BCUT2D eigenvalue weighted by atomic mass is 9.94. The van der Waals surface area contributed by atoms with Crippen LogP contribution in [0.2, 0.25) is 4.47 Å². The third kappa shape index (κ3) is 3.17. The monoisotopic (exact) mass is 393 g/mol. The van der Waals surface area contributed by atoms with Gasteiger partial charge < -0.3 is 4.57 Å². The summed E-state index contributed by atoms with van der Waals surface area (Å²) in [6.07, 6.45) is 8.44. The number of fused-ring (bicyclic) bond motifs is 1. The standard InChI is InChI=1S/C22H20ClN3S/c23-22-25-18-12-11-16(13-19(18)27-22)21-20(15-7-3-1-4-8-15)24-14-26(21)17-9-5-2-6-10-17/h1,3-4,7-8,11-14,17H,2,5-6,9-10H2. The van der Waals surface area contributed by atoms with E-state index < -0.39 is 0 Å². The van der Waals surface area contributed by atoms with Gasteiger partial charge in [0.15, 0.2) is 4.47 Å². The van der Waals surface area contributed by atoms with Gasteiger partial charge in [-0.1, -0.05) is 67.3 Å². The van der Waals surface area contributed by atoms with E-state index in [0.717, 1.165) is 21.5 Å². The number of aromatic nitrogens is 3. The van der Waals surface area contributed by atoms with E-state index >= 15 is 0 Å². The van der Waals surface area contributed by atoms with Crippen molar-refractivity contribution in [1.82, 2.24) is 14.5 Å². The number of nitrogens with zero attached hydrogens (tertiary/aromatic N) is 3. The molecule has 1 aliphatic rings. The van der Waals surface area contributed by atoms with Crippen molar-refractivity contribution in [3.63, 3.8) is 0 Å². The van der Waals surface area contributed by atoms with E-state index in [1.807, 2.05) is 12.4 Å². The first-order valence-electron chi connectivity index (χ1n) is 9.48. The van der Waals surface area contributed by atoms with Crippen LogP contribution in [-0.2, 0) is 0 Å². The highest BCUT2D eigenvalue weighted by atomic mass is 35.5. The molecule has 2 heterocycles. The summed E-state index contributed by atoms with van der Waals surface area (Å²) in [6.45, 7) is 0. The summed E-state index contributed by atoms with van der Waals surface area (Å²) in [5, 5.41) is 0. The summed E-state index contributed by atoms with van der Waals surface area (Å²) in [5.74, 6) is 0. The molecule has 0 bridgehead atoms. The van der Waals surface area contributed by atoms with Gasteiger partial charge in [0.2, 0.25) is 0 Å². The Labute approximate surface area is 167 Å². The van der Waals surface area contributed by atoms with Crippen LogP contribution in [0.5, 0.6) is 0 Å². The first kappa shape index (κ1) is 17.0. The topological polar surface area (TPSA) is 30.7 Å². The molecule has 1 aliphatic carbocycles. The second-order valence-corrected chi connectivity index (χ2v) is 8.77. The Hall–Kier alpha value is -2.17. The number of hydrogen-bond donors (Lipinski definition) is 0. The molecule has 0 spiro atoms. The van der Waals surface area contributed by atoms with Gasteiger partial charge in [0.05, 0.1) is 27.9 Å². The van der Waals surface area contributed by atoms with Crippen LogP contribution in [0.15, 0.2) is 54.9 Å². The number of rotatable bonds is 3. The van der Waals surface area contributed by atoms with Gasteiger partial charge >= 0.3 is 0 Å². The molecule has 136 valence electrons. The van der Waals surface area contributed by atoms with Crippen molar-refractivity contribution in [2.75, 3.05) is 0 Å². The Morgan fingerprint density at radius 1 is 0.963 bits per heavy atom. The molecule has 3 nitrogen and oxygen atoms in total. The van der Waals surface area contributed by atoms with Crippen LogP contribution < -0.4 is 0 Å². The second-order valence-electron chi connectivity index (χ2n) is 7.16. The predicted octanol–water partition coefficient (Wildman–Crippen LogP) is 6.99. The zero-order valence-electron chi connectivity index (χ0n) is 14.9. The largest absolute Gasteiger partial charge is 0.327 e. The Morgan fingerprint density at radius 2 is 1.78 bits per heavy atom. The second kappa shape index (κ2) is 7.10. The van der Waals surface area contributed by atoms with Crippen molar-refractivity contribution >= 4 is 33.2 Å². The van der Waals surface area contributed by atoms with Gasteiger partial charge in [-0.15, -0.1) is 11.3 Å². The van der Waals surface area contributed by atoms with Gasteiger partial charge in [0, 0.05) is 17.2 Å². The summed E-state index contributed by atoms with van der Waals surface area (Å²) in [7, 11) is 0. The molecule has 4 aromatic rings. The molecule has 0 saturated heterocycles. The van der Waals surface area contributed by atoms with E-state index in [1.54, 1.807) is 0 Å². The maximum absolute atomic E-state index is 6.13.